The number of fused-ring (bicyclic) bond motifs is 1. The third kappa shape index (κ3) is 2.25. The highest BCUT2D eigenvalue weighted by atomic mass is 35.5. The van der Waals surface area contributed by atoms with Gasteiger partial charge < -0.3 is 4.90 Å². The maximum Gasteiger partial charge on any atom is 0.225 e. The van der Waals surface area contributed by atoms with E-state index in [9.17, 15) is 0 Å². The fourth-order valence-electron chi connectivity index (χ4n) is 2.31. The van der Waals surface area contributed by atoms with Crippen molar-refractivity contribution >= 4 is 44.7 Å². The molecule has 0 saturated carbocycles. The Morgan fingerprint density at radius 3 is 2.65 bits per heavy atom. The average molecular weight is 304 g/mol. The minimum atomic E-state index is 0.287. The predicted molar refractivity (Wildman–Crippen MR) is 86.4 cm³/mol. The average Bonchev–Trinajstić information content (AvgIpc) is 2.77. The molecule has 2 aromatic heterocycles. The van der Waals surface area contributed by atoms with Gasteiger partial charge in [-0.05, 0) is 43.1 Å². The van der Waals surface area contributed by atoms with Crippen molar-refractivity contribution in [3.8, 4) is 0 Å². The highest BCUT2D eigenvalue weighted by Gasteiger charge is 2.15. The van der Waals surface area contributed by atoms with Gasteiger partial charge in [-0.25, -0.2) is 4.98 Å². The first-order valence-electron chi connectivity index (χ1n) is 6.29. The lowest BCUT2D eigenvalue weighted by Crippen LogP contribution is -2.13. The summed E-state index contributed by atoms with van der Waals surface area (Å²) >= 11 is 7.70. The first kappa shape index (κ1) is 13.3. The summed E-state index contributed by atoms with van der Waals surface area (Å²) in [7, 11) is 2.01. The van der Waals surface area contributed by atoms with Crippen LogP contribution in [0.5, 0.6) is 0 Å². The third-order valence-corrected chi connectivity index (χ3v) is 4.38. The molecule has 0 aliphatic rings. The summed E-state index contributed by atoms with van der Waals surface area (Å²) in [5.74, 6) is 0.846. The minimum Gasteiger partial charge on any atom is -0.329 e. The molecule has 0 atom stereocenters. The van der Waals surface area contributed by atoms with E-state index in [0.29, 0.717) is 0 Å². The molecule has 0 saturated heterocycles. The van der Waals surface area contributed by atoms with Crippen LogP contribution in [0.4, 0.5) is 11.5 Å². The predicted octanol–water partition coefficient (Wildman–Crippen LogP) is 4.73. The van der Waals surface area contributed by atoms with Crippen LogP contribution in [0.15, 0.2) is 30.3 Å². The second kappa shape index (κ2) is 5.04. The first-order valence-corrected chi connectivity index (χ1v) is 7.49. The monoisotopic (exact) mass is 303 g/mol. The summed E-state index contributed by atoms with van der Waals surface area (Å²) in [5, 5.41) is 1.33. The number of hydrogen-bond donors (Lipinski definition) is 0. The minimum absolute atomic E-state index is 0.287. The summed E-state index contributed by atoms with van der Waals surface area (Å²) in [4.78, 5) is 12.9. The number of thiophene rings is 1. The molecular formula is C15H14ClN3S. The van der Waals surface area contributed by atoms with Crippen LogP contribution in [0.1, 0.15) is 10.4 Å². The van der Waals surface area contributed by atoms with Crippen LogP contribution in [0.2, 0.25) is 5.28 Å². The molecule has 0 unspecified atom stereocenters. The molecule has 0 spiro atoms. The summed E-state index contributed by atoms with van der Waals surface area (Å²) in [6.45, 7) is 4.16. The fraction of sp³-hybridized carbons (Fsp3) is 0.200. The molecule has 0 N–H and O–H groups in total. The Kier molecular flexibility index (Phi) is 3.36. The fourth-order valence-corrected chi connectivity index (χ4v) is 3.40. The molecule has 20 heavy (non-hydrogen) atoms. The lowest BCUT2D eigenvalue weighted by atomic mass is 10.2. The van der Waals surface area contributed by atoms with Crippen LogP contribution in [0.25, 0.3) is 10.2 Å². The molecule has 102 valence electrons. The first-order chi connectivity index (χ1) is 9.56. The standard InChI is InChI=1S/C15H14ClN3S/c1-9-6-4-5-7-12(9)19(3)13-11-8-10(2)20-14(11)18-15(16)17-13/h4-8H,1-3H3. The Hall–Kier alpha value is -1.65. The van der Waals surface area contributed by atoms with Gasteiger partial charge in [-0.15, -0.1) is 11.3 Å². The van der Waals surface area contributed by atoms with E-state index in [1.54, 1.807) is 11.3 Å². The molecule has 0 aliphatic carbocycles. The number of aromatic nitrogens is 2. The van der Waals surface area contributed by atoms with Crippen LogP contribution in [-0.4, -0.2) is 17.0 Å². The lowest BCUT2D eigenvalue weighted by Gasteiger charge is -2.21. The molecule has 0 amide bonds. The Labute approximate surface area is 126 Å². The smallest absolute Gasteiger partial charge is 0.225 e. The SMILES string of the molecule is Cc1cc2c(N(C)c3ccccc3C)nc(Cl)nc2s1. The van der Waals surface area contributed by atoms with Crippen molar-refractivity contribution in [2.24, 2.45) is 0 Å². The van der Waals surface area contributed by atoms with Crippen molar-refractivity contribution < 1.29 is 0 Å². The van der Waals surface area contributed by atoms with Crippen LogP contribution >= 0.6 is 22.9 Å². The number of para-hydroxylation sites is 1. The van der Waals surface area contributed by atoms with Gasteiger partial charge >= 0.3 is 0 Å². The van der Waals surface area contributed by atoms with E-state index in [1.165, 1.54) is 10.4 Å². The lowest BCUT2D eigenvalue weighted by molar-refractivity contribution is 1.10. The summed E-state index contributed by atoms with van der Waals surface area (Å²) < 4.78 is 0. The third-order valence-electron chi connectivity index (χ3n) is 3.26. The molecule has 0 aliphatic heterocycles. The van der Waals surface area contributed by atoms with Crippen molar-refractivity contribution in [1.82, 2.24) is 9.97 Å². The van der Waals surface area contributed by atoms with Gasteiger partial charge in [0, 0.05) is 17.6 Å². The van der Waals surface area contributed by atoms with Crippen molar-refractivity contribution in [3.63, 3.8) is 0 Å². The number of rotatable bonds is 2. The highest BCUT2D eigenvalue weighted by molar-refractivity contribution is 7.18. The molecule has 3 rings (SSSR count). The molecule has 3 nitrogen and oxygen atoms in total. The van der Waals surface area contributed by atoms with E-state index in [-0.39, 0.29) is 5.28 Å². The topological polar surface area (TPSA) is 29.0 Å². The van der Waals surface area contributed by atoms with E-state index in [2.05, 4.69) is 46.9 Å². The number of hydrogen-bond acceptors (Lipinski definition) is 4. The Morgan fingerprint density at radius 1 is 1.15 bits per heavy atom. The molecule has 5 heteroatoms. The largest absolute Gasteiger partial charge is 0.329 e. The maximum absolute atomic E-state index is 6.06. The maximum atomic E-state index is 6.06. The normalized spacial score (nSPS) is 11.0. The van der Waals surface area contributed by atoms with Crippen LogP contribution in [0.3, 0.4) is 0 Å². The molecule has 1 aromatic carbocycles. The molecular weight excluding hydrogens is 290 g/mol. The Morgan fingerprint density at radius 2 is 1.90 bits per heavy atom. The molecule has 0 radical (unpaired) electrons. The van der Waals surface area contributed by atoms with Crippen LogP contribution in [0, 0.1) is 13.8 Å². The number of anilines is 2. The van der Waals surface area contributed by atoms with Gasteiger partial charge in [-0.3, -0.25) is 0 Å². The second-order valence-corrected chi connectivity index (χ2v) is 6.31. The van der Waals surface area contributed by atoms with E-state index in [0.717, 1.165) is 21.7 Å². The van der Waals surface area contributed by atoms with E-state index in [4.69, 9.17) is 11.6 Å². The van der Waals surface area contributed by atoms with Gasteiger partial charge in [-0.1, -0.05) is 18.2 Å². The molecule has 0 bridgehead atoms. The zero-order valence-corrected chi connectivity index (χ0v) is 13.1. The zero-order chi connectivity index (χ0) is 14.3. The van der Waals surface area contributed by atoms with Gasteiger partial charge in [0.25, 0.3) is 0 Å². The zero-order valence-electron chi connectivity index (χ0n) is 11.5. The van der Waals surface area contributed by atoms with Crippen LogP contribution in [-0.2, 0) is 0 Å². The summed E-state index contributed by atoms with van der Waals surface area (Å²) in [6.07, 6.45) is 0. The molecule has 2 heterocycles. The van der Waals surface area contributed by atoms with E-state index < -0.39 is 0 Å². The van der Waals surface area contributed by atoms with Crippen molar-refractivity contribution in [1.29, 1.82) is 0 Å². The molecule has 0 fully saturated rings. The number of benzene rings is 1. The van der Waals surface area contributed by atoms with Gasteiger partial charge in [0.2, 0.25) is 5.28 Å². The van der Waals surface area contributed by atoms with Gasteiger partial charge in [-0.2, -0.15) is 4.98 Å². The van der Waals surface area contributed by atoms with Gasteiger partial charge in [0.05, 0.1) is 5.39 Å². The van der Waals surface area contributed by atoms with Crippen LogP contribution < -0.4 is 4.90 Å². The Balaban J connectivity index is 2.21. The van der Waals surface area contributed by atoms with E-state index >= 15 is 0 Å². The summed E-state index contributed by atoms with van der Waals surface area (Å²) in [6, 6.07) is 10.3. The Bertz CT molecular complexity index is 782. The quantitative estimate of drug-likeness (QED) is 0.641. The summed E-state index contributed by atoms with van der Waals surface area (Å²) in [5.41, 5.74) is 2.32. The highest BCUT2D eigenvalue weighted by Crippen LogP contribution is 2.35. The van der Waals surface area contributed by atoms with Gasteiger partial charge in [0.1, 0.15) is 10.6 Å². The number of halogens is 1. The molecule has 3 aromatic rings. The van der Waals surface area contributed by atoms with Gasteiger partial charge in [0.15, 0.2) is 0 Å². The number of nitrogens with zero attached hydrogens (tertiary/aromatic N) is 3. The number of aryl methyl sites for hydroxylation is 2. The van der Waals surface area contributed by atoms with Crippen molar-refractivity contribution in [3.05, 3.63) is 46.1 Å². The van der Waals surface area contributed by atoms with Crippen molar-refractivity contribution in [2.75, 3.05) is 11.9 Å². The van der Waals surface area contributed by atoms with Crippen molar-refractivity contribution in [2.45, 2.75) is 13.8 Å². The van der Waals surface area contributed by atoms with E-state index in [1.807, 2.05) is 19.2 Å². The second-order valence-electron chi connectivity index (χ2n) is 4.74.